The molecule has 30 heavy (non-hydrogen) atoms. The SMILES string of the molecule is CC(C)CN1CCC[C@H](N2C(=O)NC3(CCN(CCc4ccccc4)CC3)C2=O)C1. The van der Waals surface area contributed by atoms with Crippen molar-refractivity contribution in [1.29, 1.82) is 0 Å². The van der Waals surface area contributed by atoms with E-state index < -0.39 is 5.54 Å². The standard InChI is InChI=1S/C24H36N4O2/c1-19(2)17-27-13-6-9-21(18-27)28-22(29)24(25-23(28)30)11-15-26(16-12-24)14-10-20-7-4-3-5-8-20/h3-5,7-8,19,21H,6,9-18H2,1-2H3,(H,25,30)/t21-/m0/s1. The molecular weight excluding hydrogens is 376 g/mol. The first-order valence-electron chi connectivity index (χ1n) is 11.6. The molecular formula is C24H36N4O2. The lowest BCUT2D eigenvalue weighted by molar-refractivity contribution is -0.135. The van der Waals surface area contributed by atoms with Gasteiger partial charge in [-0.2, -0.15) is 0 Å². The van der Waals surface area contributed by atoms with Crippen LogP contribution in [0.1, 0.15) is 45.1 Å². The minimum atomic E-state index is -0.680. The lowest BCUT2D eigenvalue weighted by Gasteiger charge is -2.39. The number of nitrogens with one attached hydrogen (secondary N) is 1. The minimum Gasteiger partial charge on any atom is -0.323 e. The lowest BCUT2D eigenvalue weighted by atomic mass is 9.87. The van der Waals surface area contributed by atoms with E-state index >= 15 is 0 Å². The first-order chi connectivity index (χ1) is 14.5. The number of carbonyl (C=O) groups excluding carboxylic acids is 2. The van der Waals surface area contributed by atoms with Crippen molar-refractivity contribution in [2.24, 2.45) is 5.92 Å². The van der Waals surface area contributed by atoms with Gasteiger partial charge in [0.2, 0.25) is 0 Å². The molecule has 0 aromatic heterocycles. The van der Waals surface area contributed by atoms with Crippen LogP contribution in [0.2, 0.25) is 0 Å². The average molecular weight is 413 g/mol. The van der Waals surface area contributed by atoms with Gasteiger partial charge in [-0.15, -0.1) is 0 Å². The summed E-state index contributed by atoms with van der Waals surface area (Å²) in [6, 6.07) is 10.4. The summed E-state index contributed by atoms with van der Waals surface area (Å²) in [6.07, 6.45) is 4.42. The fourth-order valence-electron chi connectivity index (χ4n) is 5.33. The predicted molar refractivity (Wildman–Crippen MR) is 118 cm³/mol. The summed E-state index contributed by atoms with van der Waals surface area (Å²) < 4.78 is 0. The Kier molecular flexibility index (Phi) is 6.44. The molecule has 1 spiro atoms. The smallest absolute Gasteiger partial charge is 0.323 e. The van der Waals surface area contributed by atoms with E-state index in [1.165, 1.54) is 5.56 Å². The number of benzene rings is 1. The molecule has 1 atom stereocenters. The van der Waals surface area contributed by atoms with E-state index in [0.717, 1.165) is 58.5 Å². The fraction of sp³-hybridized carbons (Fsp3) is 0.667. The van der Waals surface area contributed by atoms with E-state index in [4.69, 9.17) is 0 Å². The van der Waals surface area contributed by atoms with Crippen molar-refractivity contribution in [3.63, 3.8) is 0 Å². The number of piperidine rings is 2. The van der Waals surface area contributed by atoms with Crippen LogP contribution in [0.4, 0.5) is 4.79 Å². The van der Waals surface area contributed by atoms with Crippen molar-refractivity contribution < 1.29 is 9.59 Å². The lowest BCUT2D eigenvalue weighted by Crippen LogP contribution is -2.56. The van der Waals surface area contributed by atoms with Gasteiger partial charge in [0, 0.05) is 32.7 Å². The van der Waals surface area contributed by atoms with Crippen molar-refractivity contribution in [1.82, 2.24) is 20.0 Å². The second kappa shape index (κ2) is 9.06. The second-order valence-corrected chi connectivity index (χ2v) is 9.71. The summed E-state index contributed by atoms with van der Waals surface area (Å²) in [5, 5.41) is 3.11. The van der Waals surface area contributed by atoms with E-state index in [9.17, 15) is 9.59 Å². The molecule has 1 N–H and O–H groups in total. The van der Waals surface area contributed by atoms with Gasteiger partial charge in [-0.3, -0.25) is 9.69 Å². The third-order valence-electron chi connectivity index (χ3n) is 6.93. The predicted octanol–water partition coefficient (Wildman–Crippen LogP) is 2.74. The zero-order valence-electron chi connectivity index (χ0n) is 18.5. The molecule has 3 aliphatic heterocycles. The summed E-state index contributed by atoms with van der Waals surface area (Å²) in [4.78, 5) is 32.7. The topological polar surface area (TPSA) is 55.9 Å². The summed E-state index contributed by atoms with van der Waals surface area (Å²) in [6.45, 7) is 10.1. The highest BCUT2D eigenvalue weighted by molar-refractivity contribution is 6.07. The number of carbonyl (C=O) groups is 2. The van der Waals surface area contributed by atoms with Crippen LogP contribution in [0.25, 0.3) is 0 Å². The molecule has 0 radical (unpaired) electrons. The molecule has 3 amide bonds. The fourth-order valence-corrected chi connectivity index (χ4v) is 5.33. The van der Waals surface area contributed by atoms with Gasteiger partial charge in [-0.25, -0.2) is 4.79 Å². The van der Waals surface area contributed by atoms with E-state index in [2.05, 4.69) is 53.2 Å². The van der Waals surface area contributed by atoms with Gasteiger partial charge in [0.25, 0.3) is 5.91 Å². The Morgan fingerprint density at radius 1 is 1.07 bits per heavy atom. The summed E-state index contributed by atoms with van der Waals surface area (Å²) >= 11 is 0. The molecule has 1 aromatic carbocycles. The third kappa shape index (κ3) is 4.54. The number of likely N-dealkylation sites (tertiary alicyclic amines) is 2. The van der Waals surface area contributed by atoms with Crippen LogP contribution in [0, 0.1) is 5.92 Å². The largest absolute Gasteiger partial charge is 0.325 e. The molecule has 3 fully saturated rings. The normalized spacial score (nSPS) is 25.3. The minimum absolute atomic E-state index is 0.0143. The maximum atomic E-state index is 13.4. The monoisotopic (exact) mass is 412 g/mol. The van der Waals surface area contributed by atoms with Crippen LogP contribution in [-0.4, -0.2) is 77.5 Å². The molecule has 3 saturated heterocycles. The zero-order chi connectivity index (χ0) is 21.1. The van der Waals surface area contributed by atoms with Gasteiger partial charge < -0.3 is 15.1 Å². The van der Waals surface area contributed by atoms with Crippen molar-refractivity contribution in [2.45, 2.75) is 57.5 Å². The Balaban J connectivity index is 1.33. The number of hydrogen-bond donors (Lipinski definition) is 1. The Hall–Kier alpha value is -1.92. The maximum Gasteiger partial charge on any atom is 0.325 e. The average Bonchev–Trinajstić information content (AvgIpc) is 2.97. The van der Waals surface area contributed by atoms with Gasteiger partial charge in [-0.1, -0.05) is 44.2 Å². The molecule has 3 heterocycles. The Morgan fingerprint density at radius 2 is 1.80 bits per heavy atom. The van der Waals surface area contributed by atoms with E-state index in [0.29, 0.717) is 18.8 Å². The van der Waals surface area contributed by atoms with Crippen molar-refractivity contribution >= 4 is 11.9 Å². The zero-order valence-corrected chi connectivity index (χ0v) is 18.5. The molecule has 164 valence electrons. The molecule has 0 bridgehead atoms. The van der Waals surface area contributed by atoms with Crippen LogP contribution in [0.3, 0.4) is 0 Å². The van der Waals surface area contributed by atoms with Gasteiger partial charge >= 0.3 is 6.03 Å². The van der Waals surface area contributed by atoms with Gasteiger partial charge in [0.15, 0.2) is 0 Å². The van der Waals surface area contributed by atoms with Gasteiger partial charge in [0.1, 0.15) is 5.54 Å². The number of nitrogens with zero attached hydrogens (tertiary/aromatic N) is 3. The van der Waals surface area contributed by atoms with Crippen LogP contribution in [-0.2, 0) is 11.2 Å². The quantitative estimate of drug-likeness (QED) is 0.730. The molecule has 4 rings (SSSR count). The Labute approximate surface area is 180 Å². The van der Waals surface area contributed by atoms with Crippen molar-refractivity contribution in [3.8, 4) is 0 Å². The highest BCUT2D eigenvalue weighted by Crippen LogP contribution is 2.32. The number of amides is 3. The van der Waals surface area contributed by atoms with Crippen LogP contribution in [0.15, 0.2) is 30.3 Å². The van der Waals surface area contributed by atoms with E-state index in [1.54, 1.807) is 4.90 Å². The van der Waals surface area contributed by atoms with E-state index in [1.807, 2.05) is 6.07 Å². The first kappa shape index (κ1) is 21.3. The van der Waals surface area contributed by atoms with Gasteiger partial charge in [-0.05, 0) is 50.1 Å². The summed E-state index contributed by atoms with van der Waals surface area (Å²) in [5.74, 6) is 0.616. The number of rotatable bonds is 6. The van der Waals surface area contributed by atoms with E-state index in [-0.39, 0.29) is 18.0 Å². The third-order valence-corrected chi connectivity index (χ3v) is 6.93. The highest BCUT2D eigenvalue weighted by Gasteiger charge is 2.54. The Morgan fingerprint density at radius 3 is 2.50 bits per heavy atom. The van der Waals surface area contributed by atoms with Gasteiger partial charge in [0.05, 0.1) is 6.04 Å². The number of urea groups is 1. The molecule has 6 nitrogen and oxygen atoms in total. The molecule has 3 aliphatic rings. The summed E-state index contributed by atoms with van der Waals surface area (Å²) in [5.41, 5.74) is 0.665. The first-order valence-corrected chi connectivity index (χ1v) is 11.6. The summed E-state index contributed by atoms with van der Waals surface area (Å²) in [7, 11) is 0. The highest BCUT2D eigenvalue weighted by atomic mass is 16.2. The maximum absolute atomic E-state index is 13.4. The number of imide groups is 1. The van der Waals surface area contributed by atoms with Crippen LogP contribution >= 0.6 is 0 Å². The molecule has 1 aromatic rings. The second-order valence-electron chi connectivity index (χ2n) is 9.71. The van der Waals surface area contributed by atoms with Crippen LogP contribution in [0.5, 0.6) is 0 Å². The van der Waals surface area contributed by atoms with Crippen molar-refractivity contribution in [2.75, 3.05) is 39.3 Å². The molecule has 0 unspecified atom stereocenters. The molecule has 0 aliphatic carbocycles. The Bertz CT molecular complexity index is 743. The van der Waals surface area contributed by atoms with Crippen molar-refractivity contribution in [3.05, 3.63) is 35.9 Å². The van der Waals surface area contributed by atoms with Crippen LogP contribution < -0.4 is 5.32 Å². The number of hydrogen-bond acceptors (Lipinski definition) is 4. The molecule has 0 saturated carbocycles. The molecule has 6 heteroatoms.